The van der Waals surface area contributed by atoms with Crippen LogP contribution in [0.15, 0.2) is 24.3 Å². The van der Waals surface area contributed by atoms with E-state index in [0.717, 1.165) is 59.9 Å². The normalized spacial score (nSPS) is 11.1. The minimum atomic E-state index is 0.699. The lowest BCUT2D eigenvalue weighted by Gasteiger charge is -2.24. The highest BCUT2D eigenvalue weighted by molar-refractivity contribution is 5.82. The van der Waals surface area contributed by atoms with Gasteiger partial charge in [-0.05, 0) is 44.4 Å². The van der Waals surface area contributed by atoms with Crippen LogP contribution in [0.4, 0.5) is 5.82 Å². The van der Waals surface area contributed by atoms with E-state index in [-0.39, 0.29) is 0 Å². The van der Waals surface area contributed by atoms with Crippen LogP contribution in [0.1, 0.15) is 38.1 Å². The summed E-state index contributed by atoms with van der Waals surface area (Å²) < 4.78 is 12.9. The standard InChI is InChI=1S/C22H30N4O2/c1-7-11-25(12-8-2)20-13-15(3)23-22-21(16(4)24-26(20)22)17-9-10-18(27-5)19(14-17)28-6/h9-10,13-14H,7-8,11-12H2,1-6H3. The zero-order valence-corrected chi connectivity index (χ0v) is 17.7. The number of aryl methyl sites for hydroxylation is 2. The molecule has 0 spiro atoms. The Labute approximate surface area is 167 Å². The average molecular weight is 383 g/mol. The molecule has 2 heterocycles. The number of methoxy groups -OCH3 is 2. The van der Waals surface area contributed by atoms with Gasteiger partial charge in [0.15, 0.2) is 17.1 Å². The topological polar surface area (TPSA) is 51.9 Å². The first-order valence-electron chi connectivity index (χ1n) is 9.88. The van der Waals surface area contributed by atoms with Crippen molar-refractivity contribution in [2.75, 3.05) is 32.2 Å². The third-order valence-electron chi connectivity index (χ3n) is 4.86. The SMILES string of the molecule is CCCN(CCC)c1cc(C)nc2c(-c3ccc(OC)c(OC)c3)c(C)nn12. The van der Waals surface area contributed by atoms with E-state index in [1.165, 1.54) is 0 Å². The van der Waals surface area contributed by atoms with Crippen LogP contribution in [-0.4, -0.2) is 41.9 Å². The zero-order valence-electron chi connectivity index (χ0n) is 17.7. The summed E-state index contributed by atoms with van der Waals surface area (Å²) in [6.45, 7) is 10.5. The molecule has 0 aliphatic rings. The van der Waals surface area contributed by atoms with E-state index in [4.69, 9.17) is 19.6 Å². The van der Waals surface area contributed by atoms with E-state index in [9.17, 15) is 0 Å². The Hall–Kier alpha value is -2.76. The van der Waals surface area contributed by atoms with Crippen molar-refractivity contribution in [1.82, 2.24) is 14.6 Å². The lowest BCUT2D eigenvalue weighted by atomic mass is 10.1. The Bertz CT molecular complexity index is 959. The summed E-state index contributed by atoms with van der Waals surface area (Å²) in [6.07, 6.45) is 2.18. The number of aromatic nitrogens is 3. The van der Waals surface area contributed by atoms with Gasteiger partial charge in [-0.3, -0.25) is 0 Å². The molecule has 0 fully saturated rings. The number of benzene rings is 1. The first-order chi connectivity index (χ1) is 13.5. The summed E-state index contributed by atoms with van der Waals surface area (Å²) in [5.74, 6) is 2.51. The molecule has 1 aromatic carbocycles. The minimum Gasteiger partial charge on any atom is -0.493 e. The molecule has 0 saturated heterocycles. The molecule has 0 aliphatic carbocycles. The number of nitrogens with zero attached hydrogens (tertiary/aromatic N) is 4. The molecule has 0 amide bonds. The predicted molar refractivity (Wildman–Crippen MR) is 114 cm³/mol. The van der Waals surface area contributed by atoms with Crippen LogP contribution in [-0.2, 0) is 0 Å². The van der Waals surface area contributed by atoms with Crippen molar-refractivity contribution in [2.24, 2.45) is 0 Å². The van der Waals surface area contributed by atoms with Gasteiger partial charge in [-0.15, -0.1) is 0 Å². The quantitative estimate of drug-likeness (QED) is 0.567. The Morgan fingerprint density at radius 2 is 1.64 bits per heavy atom. The smallest absolute Gasteiger partial charge is 0.165 e. The van der Waals surface area contributed by atoms with Crippen molar-refractivity contribution >= 4 is 11.5 Å². The molecule has 0 radical (unpaired) electrons. The van der Waals surface area contributed by atoms with Crippen LogP contribution in [0.2, 0.25) is 0 Å². The van der Waals surface area contributed by atoms with Gasteiger partial charge >= 0.3 is 0 Å². The second-order valence-electron chi connectivity index (χ2n) is 7.01. The van der Waals surface area contributed by atoms with E-state index in [0.29, 0.717) is 11.5 Å². The fraction of sp³-hybridized carbons (Fsp3) is 0.455. The maximum Gasteiger partial charge on any atom is 0.165 e. The summed E-state index contributed by atoms with van der Waals surface area (Å²) in [5, 5.41) is 4.85. The molecule has 0 N–H and O–H groups in total. The second kappa shape index (κ2) is 8.50. The van der Waals surface area contributed by atoms with Crippen molar-refractivity contribution in [1.29, 1.82) is 0 Å². The number of fused-ring (bicyclic) bond motifs is 1. The molecule has 150 valence electrons. The van der Waals surface area contributed by atoms with Crippen LogP contribution >= 0.6 is 0 Å². The molecule has 3 aromatic rings. The van der Waals surface area contributed by atoms with E-state index in [1.54, 1.807) is 14.2 Å². The third-order valence-corrected chi connectivity index (χ3v) is 4.86. The highest BCUT2D eigenvalue weighted by Crippen LogP contribution is 2.36. The Morgan fingerprint density at radius 1 is 0.964 bits per heavy atom. The first kappa shape index (κ1) is 20.0. The lowest BCUT2D eigenvalue weighted by Crippen LogP contribution is -2.27. The van der Waals surface area contributed by atoms with Gasteiger partial charge in [0.25, 0.3) is 0 Å². The Kier molecular flexibility index (Phi) is 6.07. The van der Waals surface area contributed by atoms with Crippen LogP contribution in [0, 0.1) is 13.8 Å². The van der Waals surface area contributed by atoms with Gasteiger partial charge in [-0.2, -0.15) is 9.61 Å². The number of ether oxygens (including phenoxy) is 2. The molecule has 6 nitrogen and oxygen atoms in total. The van der Waals surface area contributed by atoms with Gasteiger partial charge in [0.2, 0.25) is 0 Å². The first-order valence-corrected chi connectivity index (χ1v) is 9.88. The summed E-state index contributed by atoms with van der Waals surface area (Å²) >= 11 is 0. The van der Waals surface area contributed by atoms with Gasteiger partial charge in [0, 0.05) is 30.4 Å². The van der Waals surface area contributed by atoms with Crippen molar-refractivity contribution in [3.05, 3.63) is 35.7 Å². The molecule has 0 unspecified atom stereocenters. The maximum absolute atomic E-state index is 5.50. The number of hydrogen-bond acceptors (Lipinski definition) is 5. The summed E-state index contributed by atoms with van der Waals surface area (Å²) in [7, 11) is 3.30. The zero-order chi connectivity index (χ0) is 20.3. The molecule has 0 bridgehead atoms. The molecule has 3 rings (SSSR count). The van der Waals surface area contributed by atoms with Crippen LogP contribution in [0.5, 0.6) is 11.5 Å². The van der Waals surface area contributed by atoms with Gasteiger partial charge in [0.1, 0.15) is 5.82 Å². The second-order valence-corrected chi connectivity index (χ2v) is 7.01. The maximum atomic E-state index is 5.50. The Balaban J connectivity index is 2.22. The molecule has 0 atom stereocenters. The van der Waals surface area contributed by atoms with E-state index in [2.05, 4.69) is 24.8 Å². The van der Waals surface area contributed by atoms with Crippen molar-refractivity contribution in [3.8, 4) is 22.6 Å². The highest BCUT2D eigenvalue weighted by Gasteiger charge is 2.19. The molecule has 6 heteroatoms. The summed E-state index contributed by atoms with van der Waals surface area (Å²) in [5.41, 5.74) is 4.85. The van der Waals surface area contributed by atoms with Gasteiger partial charge in [-0.25, -0.2) is 4.98 Å². The Morgan fingerprint density at radius 3 is 2.25 bits per heavy atom. The van der Waals surface area contributed by atoms with Crippen molar-refractivity contribution < 1.29 is 9.47 Å². The molecule has 2 aromatic heterocycles. The minimum absolute atomic E-state index is 0.699. The van der Waals surface area contributed by atoms with Crippen LogP contribution < -0.4 is 14.4 Å². The lowest BCUT2D eigenvalue weighted by molar-refractivity contribution is 0.355. The van der Waals surface area contributed by atoms with E-state index < -0.39 is 0 Å². The van der Waals surface area contributed by atoms with Crippen LogP contribution in [0.25, 0.3) is 16.8 Å². The van der Waals surface area contributed by atoms with Gasteiger partial charge < -0.3 is 14.4 Å². The summed E-state index contributed by atoms with van der Waals surface area (Å²) in [6, 6.07) is 8.07. The monoisotopic (exact) mass is 382 g/mol. The number of hydrogen-bond donors (Lipinski definition) is 0. The van der Waals surface area contributed by atoms with Crippen molar-refractivity contribution in [3.63, 3.8) is 0 Å². The number of anilines is 1. The van der Waals surface area contributed by atoms with Crippen LogP contribution in [0.3, 0.4) is 0 Å². The largest absolute Gasteiger partial charge is 0.493 e. The molecular weight excluding hydrogens is 352 g/mol. The predicted octanol–water partition coefficient (Wildman–Crippen LogP) is 4.66. The number of rotatable bonds is 8. The van der Waals surface area contributed by atoms with Gasteiger partial charge in [0.05, 0.1) is 19.9 Å². The third kappa shape index (κ3) is 3.63. The molecule has 0 saturated carbocycles. The molecular formula is C22H30N4O2. The van der Waals surface area contributed by atoms with Gasteiger partial charge in [-0.1, -0.05) is 19.9 Å². The van der Waals surface area contributed by atoms with E-state index >= 15 is 0 Å². The highest BCUT2D eigenvalue weighted by atomic mass is 16.5. The average Bonchev–Trinajstić information content (AvgIpc) is 3.02. The molecule has 28 heavy (non-hydrogen) atoms. The van der Waals surface area contributed by atoms with Crippen molar-refractivity contribution in [2.45, 2.75) is 40.5 Å². The molecule has 0 aliphatic heterocycles. The van der Waals surface area contributed by atoms with E-state index in [1.807, 2.05) is 36.6 Å². The fourth-order valence-electron chi connectivity index (χ4n) is 3.66. The fourth-order valence-corrected chi connectivity index (χ4v) is 3.66. The summed E-state index contributed by atoms with van der Waals surface area (Å²) in [4.78, 5) is 7.23.